The predicted octanol–water partition coefficient (Wildman–Crippen LogP) is 2.61. The van der Waals surface area contributed by atoms with Crippen molar-refractivity contribution in [2.75, 3.05) is 7.05 Å². The van der Waals surface area contributed by atoms with Gasteiger partial charge in [0.15, 0.2) is 0 Å². The third kappa shape index (κ3) is 1.92. The van der Waals surface area contributed by atoms with E-state index in [0.29, 0.717) is 17.5 Å². The Labute approximate surface area is 98.6 Å². The van der Waals surface area contributed by atoms with Crippen LogP contribution in [0, 0.1) is 11.3 Å². The van der Waals surface area contributed by atoms with E-state index in [1.807, 2.05) is 0 Å². The molecule has 2 fully saturated rings. The molecule has 0 aromatic rings. The second-order valence-electron chi connectivity index (χ2n) is 6.38. The molecule has 92 valence electrons. The second kappa shape index (κ2) is 3.94. The molecule has 1 unspecified atom stereocenters. The lowest BCUT2D eigenvalue weighted by molar-refractivity contribution is 0.0760. The van der Waals surface area contributed by atoms with E-state index in [-0.39, 0.29) is 6.03 Å². The van der Waals surface area contributed by atoms with Gasteiger partial charge in [-0.3, -0.25) is 0 Å². The van der Waals surface area contributed by atoms with Gasteiger partial charge in [-0.25, -0.2) is 4.79 Å². The van der Waals surface area contributed by atoms with Gasteiger partial charge in [-0.2, -0.15) is 0 Å². The van der Waals surface area contributed by atoms with Crippen LogP contribution in [-0.2, 0) is 0 Å². The maximum atomic E-state index is 11.8. The van der Waals surface area contributed by atoms with Crippen LogP contribution in [0.1, 0.15) is 46.5 Å². The van der Waals surface area contributed by atoms with Gasteiger partial charge in [-0.1, -0.05) is 20.8 Å². The van der Waals surface area contributed by atoms with E-state index in [4.69, 9.17) is 0 Å². The summed E-state index contributed by atoms with van der Waals surface area (Å²) >= 11 is 0. The van der Waals surface area contributed by atoms with Crippen molar-refractivity contribution >= 4 is 6.03 Å². The summed E-state index contributed by atoms with van der Waals surface area (Å²) in [6, 6.07) is 1.10. The molecule has 0 spiro atoms. The van der Waals surface area contributed by atoms with Crippen LogP contribution in [0.5, 0.6) is 0 Å². The summed E-state index contributed by atoms with van der Waals surface area (Å²) in [5, 5.41) is 2.78. The molecule has 16 heavy (non-hydrogen) atoms. The summed E-state index contributed by atoms with van der Waals surface area (Å²) in [6.07, 6.45) is 4.77. The molecule has 0 aromatic heterocycles. The highest BCUT2D eigenvalue weighted by molar-refractivity contribution is 5.75. The number of hydrogen-bond acceptors (Lipinski definition) is 1. The third-order valence-electron chi connectivity index (χ3n) is 4.41. The largest absolute Gasteiger partial charge is 0.341 e. The Hall–Kier alpha value is -0.730. The summed E-state index contributed by atoms with van der Waals surface area (Å²) in [5.74, 6) is 0.769. The first-order valence-electron chi connectivity index (χ1n) is 6.43. The maximum Gasteiger partial charge on any atom is 0.317 e. The SMILES string of the molecule is CNC(=O)N1[C@@H]2CC[C@H]1CC(C(C)(C)C)C2. The molecule has 2 aliphatic rings. The summed E-state index contributed by atoms with van der Waals surface area (Å²) < 4.78 is 0. The molecule has 0 aliphatic carbocycles. The molecule has 2 saturated heterocycles. The maximum absolute atomic E-state index is 11.8. The highest BCUT2D eigenvalue weighted by Crippen LogP contribution is 2.45. The van der Waals surface area contributed by atoms with E-state index in [1.54, 1.807) is 7.05 Å². The topological polar surface area (TPSA) is 32.3 Å². The third-order valence-corrected chi connectivity index (χ3v) is 4.41. The first kappa shape index (κ1) is 11.7. The van der Waals surface area contributed by atoms with Crippen molar-refractivity contribution in [2.45, 2.75) is 58.5 Å². The Kier molecular flexibility index (Phi) is 2.89. The Morgan fingerprint density at radius 2 is 1.69 bits per heavy atom. The second-order valence-corrected chi connectivity index (χ2v) is 6.38. The van der Waals surface area contributed by atoms with Gasteiger partial charge in [0, 0.05) is 19.1 Å². The van der Waals surface area contributed by atoms with E-state index in [2.05, 4.69) is 31.0 Å². The minimum Gasteiger partial charge on any atom is -0.341 e. The Bertz CT molecular complexity index is 268. The van der Waals surface area contributed by atoms with Crippen molar-refractivity contribution < 1.29 is 4.79 Å². The van der Waals surface area contributed by atoms with E-state index >= 15 is 0 Å². The normalized spacial score (nSPS) is 34.0. The van der Waals surface area contributed by atoms with Crippen molar-refractivity contribution in [3.8, 4) is 0 Å². The van der Waals surface area contributed by atoms with E-state index in [9.17, 15) is 4.79 Å². The van der Waals surface area contributed by atoms with E-state index < -0.39 is 0 Å². The number of urea groups is 1. The van der Waals surface area contributed by atoms with Crippen LogP contribution in [-0.4, -0.2) is 30.1 Å². The zero-order valence-electron chi connectivity index (χ0n) is 10.9. The lowest BCUT2D eigenvalue weighted by atomic mass is 9.73. The van der Waals surface area contributed by atoms with Crippen LogP contribution < -0.4 is 5.32 Å². The van der Waals surface area contributed by atoms with Crippen molar-refractivity contribution in [1.82, 2.24) is 10.2 Å². The molecular formula is C13H24N2O. The lowest BCUT2D eigenvalue weighted by Crippen LogP contribution is -2.51. The summed E-state index contributed by atoms with van der Waals surface area (Å²) in [4.78, 5) is 13.9. The molecule has 0 saturated carbocycles. The molecule has 0 radical (unpaired) electrons. The quantitative estimate of drug-likeness (QED) is 0.674. The van der Waals surface area contributed by atoms with Gasteiger partial charge >= 0.3 is 6.03 Å². The average molecular weight is 224 g/mol. The number of hydrogen-bond donors (Lipinski definition) is 1. The molecule has 2 amide bonds. The van der Waals surface area contributed by atoms with Crippen LogP contribution >= 0.6 is 0 Å². The number of fused-ring (bicyclic) bond motifs is 2. The number of rotatable bonds is 0. The van der Waals surface area contributed by atoms with Gasteiger partial charge in [0.2, 0.25) is 0 Å². The van der Waals surface area contributed by atoms with Gasteiger partial charge in [-0.15, -0.1) is 0 Å². The first-order chi connectivity index (χ1) is 7.43. The molecule has 2 rings (SSSR count). The summed E-state index contributed by atoms with van der Waals surface area (Å²) in [7, 11) is 1.73. The molecule has 3 nitrogen and oxygen atoms in total. The van der Waals surface area contributed by atoms with Crippen molar-refractivity contribution in [1.29, 1.82) is 0 Å². The number of amides is 2. The highest BCUT2D eigenvalue weighted by Gasteiger charge is 2.45. The highest BCUT2D eigenvalue weighted by atomic mass is 16.2. The number of piperidine rings is 1. The lowest BCUT2D eigenvalue weighted by Gasteiger charge is -2.43. The number of nitrogens with one attached hydrogen (secondary N) is 1. The van der Waals surface area contributed by atoms with E-state index in [1.165, 1.54) is 25.7 Å². The van der Waals surface area contributed by atoms with Crippen molar-refractivity contribution in [3.05, 3.63) is 0 Å². The Morgan fingerprint density at radius 3 is 2.06 bits per heavy atom. The predicted molar refractivity (Wildman–Crippen MR) is 65.3 cm³/mol. The smallest absolute Gasteiger partial charge is 0.317 e. The van der Waals surface area contributed by atoms with Gasteiger partial charge in [0.05, 0.1) is 0 Å². The van der Waals surface area contributed by atoms with Crippen LogP contribution in [0.15, 0.2) is 0 Å². The fraction of sp³-hybridized carbons (Fsp3) is 0.923. The number of carbonyl (C=O) groups excluding carboxylic acids is 1. The van der Waals surface area contributed by atoms with Gasteiger partial charge < -0.3 is 10.2 Å². The molecule has 3 heteroatoms. The van der Waals surface area contributed by atoms with Crippen molar-refractivity contribution in [2.24, 2.45) is 11.3 Å². The van der Waals surface area contributed by atoms with Gasteiger partial charge in [-0.05, 0) is 37.0 Å². The van der Waals surface area contributed by atoms with Crippen LogP contribution in [0.4, 0.5) is 4.79 Å². The number of nitrogens with zero attached hydrogens (tertiary/aromatic N) is 1. The molecule has 2 heterocycles. The Balaban J connectivity index is 2.10. The Morgan fingerprint density at radius 1 is 1.19 bits per heavy atom. The summed E-state index contributed by atoms with van der Waals surface area (Å²) in [5.41, 5.74) is 0.385. The molecule has 2 bridgehead atoms. The first-order valence-corrected chi connectivity index (χ1v) is 6.43. The summed E-state index contributed by atoms with van der Waals surface area (Å²) in [6.45, 7) is 6.98. The van der Waals surface area contributed by atoms with Gasteiger partial charge in [0.25, 0.3) is 0 Å². The molecule has 0 aromatic carbocycles. The fourth-order valence-corrected chi connectivity index (χ4v) is 3.34. The molecule has 2 aliphatic heterocycles. The minimum absolute atomic E-state index is 0.125. The van der Waals surface area contributed by atoms with Crippen molar-refractivity contribution in [3.63, 3.8) is 0 Å². The van der Waals surface area contributed by atoms with Crippen LogP contribution in [0.3, 0.4) is 0 Å². The average Bonchev–Trinajstić information content (AvgIpc) is 2.46. The number of carbonyl (C=O) groups is 1. The zero-order valence-corrected chi connectivity index (χ0v) is 10.9. The molecular weight excluding hydrogens is 200 g/mol. The van der Waals surface area contributed by atoms with Crippen LogP contribution in [0.25, 0.3) is 0 Å². The van der Waals surface area contributed by atoms with Crippen LogP contribution in [0.2, 0.25) is 0 Å². The van der Waals surface area contributed by atoms with E-state index in [0.717, 1.165) is 5.92 Å². The standard InChI is InChI=1S/C13H24N2O/c1-13(2,3)9-7-10-5-6-11(8-9)15(10)12(16)14-4/h9-11H,5-8H2,1-4H3,(H,14,16)/t9?,10-,11+. The zero-order chi connectivity index (χ0) is 11.9. The minimum atomic E-state index is 0.125. The fourth-order valence-electron chi connectivity index (χ4n) is 3.34. The molecule has 1 N–H and O–H groups in total. The van der Waals surface area contributed by atoms with Gasteiger partial charge in [0.1, 0.15) is 0 Å². The monoisotopic (exact) mass is 224 g/mol. The molecule has 3 atom stereocenters.